The Balaban J connectivity index is 0.000000202. The zero-order chi connectivity index (χ0) is 31.2. The predicted octanol–water partition coefficient (Wildman–Crippen LogP) is 10.5. The third-order valence-electron chi connectivity index (χ3n) is 7.71. The summed E-state index contributed by atoms with van der Waals surface area (Å²) in [5.74, 6) is -0.674. The molecule has 44 heavy (non-hydrogen) atoms. The number of fused-ring (bicyclic) bond motifs is 5. The maximum atomic E-state index is 8.46. The predicted molar refractivity (Wildman–Crippen MR) is 186 cm³/mol. The second-order valence-corrected chi connectivity index (χ2v) is 18.4. The monoisotopic (exact) mass is 790 g/mol. The van der Waals surface area contributed by atoms with E-state index in [1.807, 2.05) is 75.6 Å². The Hall–Kier alpha value is -3.41. The van der Waals surface area contributed by atoms with Crippen LogP contribution < -0.4 is 5.19 Å². The molecule has 0 fully saturated rings. The van der Waals surface area contributed by atoms with Gasteiger partial charge in [-0.1, -0.05) is 63.3 Å². The molecule has 0 aliphatic rings. The van der Waals surface area contributed by atoms with Crippen molar-refractivity contribution in [3.05, 3.63) is 114 Å². The van der Waals surface area contributed by atoms with Gasteiger partial charge in [-0.3, -0.25) is 0 Å². The average molecular weight is 790 g/mol. The van der Waals surface area contributed by atoms with Gasteiger partial charge in [-0.15, -0.1) is 59.7 Å². The molecule has 4 heterocycles. The third-order valence-corrected chi connectivity index (χ3v) is 11.0. The van der Waals surface area contributed by atoms with E-state index in [0.717, 1.165) is 60.3 Å². The molecule has 0 unspecified atom stereocenters. The maximum Gasteiger partial charge on any atom is 0.136 e. The molecule has 0 saturated heterocycles. The van der Waals surface area contributed by atoms with Crippen LogP contribution in [0.1, 0.15) is 37.8 Å². The van der Waals surface area contributed by atoms with E-state index >= 15 is 0 Å². The summed E-state index contributed by atoms with van der Waals surface area (Å²) in [4.78, 5) is 9.18. The van der Waals surface area contributed by atoms with Gasteiger partial charge in [0.05, 0.1) is 12.8 Å². The zero-order valence-corrected chi connectivity index (χ0v) is 30.3. The van der Waals surface area contributed by atoms with Crippen molar-refractivity contribution in [2.45, 2.75) is 53.2 Å². The summed E-state index contributed by atoms with van der Waals surface area (Å²) < 4.78 is 17.0. The molecular formula is C38H36IrN2OSSi-2. The molecule has 0 aliphatic heterocycles. The summed E-state index contributed by atoms with van der Waals surface area (Å²) in [7, 11) is -1.23. The Labute approximate surface area is 280 Å². The van der Waals surface area contributed by atoms with Crippen LogP contribution in [0.15, 0.2) is 89.6 Å². The molecule has 6 heteroatoms. The SMILES string of the molecule is C[Si](C)(C)c1ccc(-c2[c-]cccc2)nc1.[2H]C(C)(C)c1cc(-c2[c-]ccc3c2sc2c4cc(C)ccc4oc32)ncc1C.[Ir]. The second kappa shape index (κ2) is 12.9. The van der Waals surface area contributed by atoms with Crippen LogP contribution in [0.5, 0.6) is 0 Å². The molecule has 3 nitrogen and oxygen atoms in total. The van der Waals surface area contributed by atoms with Crippen LogP contribution in [0.2, 0.25) is 19.6 Å². The quantitative estimate of drug-likeness (QED) is 0.132. The fourth-order valence-electron chi connectivity index (χ4n) is 5.28. The number of pyridine rings is 2. The number of aromatic nitrogens is 2. The molecule has 7 aromatic rings. The summed E-state index contributed by atoms with van der Waals surface area (Å²) in [6.45, 7) is 14.9. The van der Waals surface area contributed by atoms with Crippen molar-refractivity contribution < 1.29 is 25.9 Å². The number of benzene rings is 3. The van der Waals surface area contributed by atoms with Crippen molar-refractivity contribution in [2.24, 2.45) is 0 Å². The first-order valence-corrected chi connectivity index (χ1v) is 18.9. The van der Waals surface area contributed by atoms with E-state index in [0.29, 0.717) is 0 Å². The molecule has 0 saturated carbocycles. The number of hydrogen-bond acceptors (Lipinski definition) is 4. The molecular weight excluding hydrogens is 753 g/mol. The van der Waals surface area contributed by atoms with Crippen LogP contribution in [-0.4, -0.2) is 18.0 Å². The summed E-state index contributed by atoms with van der Waals surface area (Å²) in [6, 6.07) is 31.2. The number of rotatable bonds is 4. The van der Waals surface area contributed by atoms with Crippen molar-refractivity contribution in [3.8, 4) is 22.5 Å². The van der Waals surface area contributed by atoms with Crippen LogP contribution >= 0.6 is 11.3 Å². The smallest absolute Gasteiger partial charge is 0.136 e. The Kier molecular flexibility index (Phi) is 8.98. The Bertz CT molecular complexity index is 2110. The fraction of sp³-hybridized carbons (Fsp3) is 0.211. The standard InChI is InChI=1S/C24H20NOS.C14H16NSi.Ir/c1-13(2)18-11-20(25-12-15(18)4)16-6-5-7-17-22-24(27-23(16)17)19-10-14(3)8-9-21(19)26-22;1-16(2,3)13-9-10-14(15-11-13)12-7-5-4-6-8-12;/h5,7-13H,1-4H3;4-7,9-11H,1-3H3;/q2*-1;/i13D;;. The topological polar surface area (TPSA) is 38.9 Å². The normalized spacial score (nSPS) is 12.1. The molecule has 1 radical (unpaired) electrons. The first kappa shape index (κ1) is 30.6. The van der Waals surface area contributed by atoms with Crippen molar-refractivity contribution in [2.75, 3.05) is 0 Å². The van der Waals surface area contributed by atoms with Crippen LogP contribution in [0.4, 0.5) is 0 Å². The molecule has 225 valence electrons. The van der Waals surface area contributed by atoms with E-state index in [4.69, 9.17) is 5.79 Å². The van der Waals surface area contributed by atoms with E-state index in [1.165, 1.54) is 15.5 Å². The largest absolute Gasteiger partial charge is 0.456 e. The van der Waals surface area contributed by atoms with Gasteiger partial charge in [0.1, 0.15) is 11.2 Å². The third kappa shape index (κ3) is 6.36. The van der Waals surface area contributed by atoms with Crippen LogP contribution in [0.25, 0.3) is 53.9 Å². The number of thiophene rings is 1. The van der Waals surface area contributed by atoms with Crippen molar-refractivity contribution in [1.82, 2.24) is 9.97 Å². The summed E-state index contributed by atoms with van der Waals surface area (Å²) in [5, 5.41) is 3.65. The van der Waals surface area contributed by atoms with Gasteiger partial charge in [0.2, 0.25) is 0 Å². The van der Waals surface area contributed by atoms with E-state index < -0.39 is 14.0 Å². The molecule has 7 rings (SSSR count). The van der Waals surface area contributed by atoms with Gasteiger partial charge in [0.15, 0.2) is 0 Å². The first-order chi connectivity index (χ1) is 20.9. The molecule has 0 bridgehead atoms. The van der Waals surface area contributed by atoms with E-state index in [1.54, 1.807) is 11.3 Å². The van der Waals surface area contributed by atoms with Gasteiger partial charge in [-0.05, 0) is 69.7 Å². The Morgan fingerprint density at radius 2 is 1.64 bits per heavy atom. The maximum absolute atomic E-state index is 8.46. The Morgan fingerprint density at radius 1 is 0.841 bits per heavy atom. The van der Waals surface area contributed by atoms with E-state index in [-0.39, 0.29) is 20.1 Å². The van der Waals surface area contributed by atoms with Crippen LogP contribution in [0.3, 0.4) is 0 Å². The van der Waals surface area contributed by atoms with Gasteiger partial charge in [0, 0.05) is 39.3 Å². The number of nitrogens with zero attached hydrogens (tertiary/aromatic N) is 2. The van der Waals surface area contributed by atoms with Gasteiger partial charge in [-0.25, -0.2) is 0 Å². The fourth-order valence-corrected chi connectivity index (χ4v) is 7.57. The minimum absolute atomic E-state index is 0. The van der Waals surface area contributed by atoms with Gasteiger partial charge < -0.3 is 14.4 Å². The molecule has 3 aromatic carbocycles. The van der Waals surface area contributed by atoms with Gasteiger partial charge in [0.25, 0.3) is 0 Å². The van der Waals surface area contributed by atoms with E-state index in [9.17, 15) is 0 Å². The summed E-state index contributed by atoms with van der Waals surface area (Å²) >= 11 is 1.73. The van der Waals surface area contributed by atoms with Crippen LogP contribution in [-0.2, 0) is 20.1 Å². The second-order valence-electron chi connectivity index (χ2n) is 12.3. The summed E-state index contributed by atoms with van der Waals surface area (Å²) in [6.07, 6.45) is 3.88. The molecule has 4 aromatic heterocycles. The molecule has 0 aliphatic carbocycles. The van der Waals surface area contributed by atoms with E-state index in [2.05, 4.69) is 79.0 Å². The number of furan rings is 1. The minimum atomic E-state index is -1.23. The van der Waals surface area contributed by atoms with Gasteiger partial charge in [-0.2, -0.15) is 11.3 Å². The number of hydrogen-bond donors (Lipinski definition) is 0. The first-order valence-electron chi connectivity index (χ1n) is 15.1. The number of aryl methyl sites for hydroxylation is 2. The van der Waals surface area contributed by atoms with Crippen molar-refractivity contribution >= 4 is 55.9 Å². The zero-order valence-electron chi connectivity index (χ0n) is 27.1. The summed E-state index contributed by atoms with van der Waals surface area (Å²) in [5.41, 5.74) is 9.01. The molecule has 0 N–H and O–H groups in total. The van der Waals surface area contributed by atoms with Gasteiger partial charge >= 0.3 is 0 Å². The van der Waals surface area contributed by atoms with Crippen LogP contribution in [0, 0.1) is 26.0 Å². The molecule has 0 atom stereocenters. The Morgan fingerprint density at radius 3 is 2.32 bits per heavy atom. The van der Waals surface area contributed by atoms with Crippen molar-refractivity contribution in [1.29, 1.82) is 0 Å². The minimum Gasteiger partial charge on any atom is -0.456 e. The molecule has 0 amide bonds. The molecule has 0 spiro atoms. The average Bonchev–Trinajstić information content (AvgIpc) is 3.53. The van der Waals surface area contributed by atoms with Crippen molar-refractivity contribution in [3.63, 3.8) is 0 Å².